The Morgan fingerprint density at radius 3 is 1.34 bits per heavy atom. The van der Waals surface area contributed by atoms with E-state index in [1.165, 1.54) is 6.08 Å². The molecule has 0 saturated carbocycles. The van der Waals surface area contributed by atoms with Gasteiger partial charge in [0.1, 0.15) is 0 Å². The molecule has 8 aromatic rings. The summed E-state index contributed by atoms with van der Waals surface area (Å²) in [6.07, 6.45) is 13.7. The quantitative estimate of drug-likeness (QED) is 0.0928. The van der Waals surface area contributed by atoms with Gasteiger partial charge in [-0.05, 0) is 91.6 Å². The van der Waals surface area contributed by atoms with Gasteiger partial charge >= 0.3 is 25.4 Å². The Labute approximate surface area is 382 Å². The largest absolute Gasteiger partial charge is 2.00 e. The van der Waals surface area contributed by atoms with Gasteiger partial charge in [0.2, 0.25) is 0 Å². The standard InChI is InChI=1S/C56H36N5O2.Zn/c1-57-50(56(62)63)34-37-24-22-36(23-25-37)26-27-42-35-49-53(40-18-10-4-11-19-40)47-31-30-45(59-47)51(38-14-6-2-7-15-38)43-28-29-44(58-43)52(39-16-8-3-9-17-39)46-32-33-48(60-46)54(55(42)61-49)41-20-12-5-13-21-41;/h2-35H,(H2-,58,59,60,61,62,63);/q-1;+2/p-1/b27-26+,50-34-,51-43?,51-45?,52-44?,52-46?,53-47?,53-49?,54-48?,55-54?;. The summed E-state index contributed by atoms with van der Waals surface area (Å²) in [6, 6.07) is 54.7. The van der Waals surface area contributed by atoms with Crippen LogP contribution in [0.1, 0.15) is 39.5 Å². The molecule has 0 aliphatic carbocycles. The molecule has 298 valence electrons. The third-order valence-corrected chi connectivity index (χ3v) is 11.0. The number of aliphatic carboxylic acids is 1. The van der Waals surface area contributed by atoms with Crippen molar-refractivity contribution in [2.24, 2.45) is 0 Å². The van der Waals surface area contributed by atoms with Gasteiger partial charge in [0.25, 0.3) is 5.70 Å². The number of carboxylic acids is 1. The zero-order chi connectivity index (χ0) is 42.7. The normalized spacial score (nSPS) is 12.0. The van der Waals surface area contributed by atoms with Crippen LogP contribution in [-0.2, 0) is 24.3 Å². The van der Waals surface area contributed by atoms with E-state index in [0.717, 1.165) is 100 Å². The van der Waals surface area contributed by atoms with Crippen molar-refractivity contribution in [3.8, 4) is 44.5 Å². The minimum atomic E-state index is -1.26. The molecule has 8 bridgehead atoms. The van der Waals surface area contributed by atoms with Crippen molar-refractivity contribution in [3.05, 3.63) is 220 Å². The van der Waals surface area contributed by atoms with Gasteiger partial charge < -0.3 is 15.1 Å². The van der Waals surface area contributed by atoms with E-state index in [2.05, 4.69) is 102 Å². The molecule has 2 aliphatic rings. The zero-order valence-electron chi connectivity index (χ0n) is 34.4. The van der Waals surface area contributed by atoms with E-state index in [0.29, 0.717) is 5.56 Å². The second kappa shape index (κ2) is 18.0. The van der Waals surface area contributed by atoms with Crippen LogP contribution in [0.2, 0.25) is 0 Å². The van der Waals surface area contributed by atoms with E-state index < -0.39 is 5.97 Å². The molecule has 0 amide bonds. The van der Waals surface area contributed by atoms with Crippen LogP contribution in [0, 0.1) is 6.57 Å². The van der Waals surface area contributed by atoms with Crippen molar-refractivity contribution in [1.82, 2.24) is 19.9 Å². The molecule has 0 atom stereocenters. The Morgan fingerprint density at radius 1 is 0.500 bits per heavy atom. The van der Waals surface area contributed by atoms with Crippen molar-refractivity contribution in [3.63, 3.8) is 0 Å². The molecule has 1 N–H and O–H groups in total. The van der Waals surface area contributed by atoms with Gasteiger partial charge in [-0.15, -0.1) is 22.1 Å². The number of carboxylic acid groups (broad SMARTS) is 1. The van der Waals surface area contributed by atoms with Crippen molar-refractivity contribution < 1.29 is 29.4 Å². The van der Waals surface area contributed by atoms with Gasteiger partial charge in [0.05, 0.1) is 29.3 Å². The van der Waals surface area contributed by atoms with E-state index in [-0.39, 0.29) is 25.2 Å². The van der Waals surface area contributed by atoms with Crippen LogP contribution in [0.4, 0.5) is 0 Å². The monoisotopic (exact) mass is 873 g/mol. The fourth-order valence-corrected chi connectivity index (χ4v) is 8.11. The van der Waals surface area contributed by atoms with Gasteiger partial charge in [-0.2, -0.15) is 0 Å². The maximum Gasteiger partial charge on any atom is 2.00 e. The summed E-state index contributed by atoms with van der Waals surface area (Å²) in [7, 11) is 0. The summed E-state index contributed by atoms with van der Waals surface area (Å²) >= 11 is 0. The first-order chi connectivity index (χ1) is 31.0. The van der Waals surface area contributed by atoms with Gasteiger partial charge in [0.15, 0.2) is 0 Å². The van der Waals surface area contributed by atoms with E-state index in [4.69, 9.17) is 26.5 Å². The number of fused-ring (bicyclic) bond motifs is 8. The molecule has 0 radical (unpaired) electrons. The fraction of sp³-hybridized carbons (Fsp3) is 0. The third-order valence-electron chi connectivity index (χ3n) is 11.0. The van der Waals surface area contributed by atoms with E-state index >= 15 is 0 Å². The second-order valence-corrected chi connectivity index (χ2v) is 15.0. The number of nitrogens with zero attached hydrogens (tertiary/aromatic N) is 5. The molecule has 5 heterocycles. The minimum Gasteiger partial charge on any atom is -0.657 e. The maximum absolute atomic E-state index is 11.5. The SMILES string of the molecule is [C-]#[N+]/C(=C\c1ccc(/C=C/c2cc3[n-]c2c(-c2ccccc2)c2nc(c(-c4ccccc4)c4ccc([n-]4)c(-c4ccccc4)c4nc(c3-c3ccccc3)C=C4)C=C2)cc1)C(=O)O.[Zn+2]. The molecule has 0 saturated heterocycles. The number of hydrogen-bond acceptors (Lipinski definition) is 3. The number of aromatic nitrogens is 4. The Hall–Kier alpha value is -8.24. The summed E-state index contributed by atoms with van der Waals surface area (Å²) in [5.41, 5.74) is 15.8. The summed E-state index contributed by atoms with van der Waals surface area (Å²) in [5.74, 6) is -1.26. The molecular weight excluding hydrogens is 840 g/mol. The van der Waals surface area contributed by atoms with E-state index in [1.54, 1.807) is 12.1 Å². The maximum atomic E-state index is 11.5. The van der Waals surface area contributed by atoms with Crippen LogP contribution in [0.5, 0.6) is 0 Å². The molecule has 3 aromatic heterocycles. The van der Waals surface area contributed by atoms with E-state index in [9.17, 15) is 9.90 Å². The summed E-state index contributed by atoms with van der Waals surface area (Å²) in [5, 5.41) is 9.39. The Morgan fingerprint density at radius 2 is 0.906 bits per heavy atom. The molecule has 5 aromatic carbocycles. The van der Waals surface area contributed by atoms with Gasteiger partial charge in [0, 0.05) is 0 Å². The zero-order valence-corrected chi connectivity index (χ0v) is 37.4. The van der Waals surface area contributed by atoms with Gasteiger partial charge in [-0.1, -0.05) is 176 Å². The predicted molar refractivity (Wildman–Crippen MR) is 256 cm³/mol. The smallest absolute Gasteiger partial charge is 0.657 e. The predicted octanol–water partition coefficient (Wildman–Crippen LogP) is 13.1. The van der Waals surface area contributed by atoms with Crippen molar-refractivity contribution in [1.29, 1.82) is 0 Å². The molecule has 2 aliphatic heterocycles. The number of hydrogen-bond donors (Lipinski definition) is 1. The summed E-state index contributed by atoms with van der Waals surface area (Å²) in [6.45, 7) is 7.25. The molecule has 0 unspecified atom stereocenters. The Kier molecular flexibility index (Phi) is 11.6. The van der Waals surface area contributed by atoms with Crippen LogP contribution in [0.25, 0.3) is 114 Å². The number of benzene rings is 5. The van der Waals surface area contributed by atoms with Crippen LogP contribution in [-0.4, -0.2) is 21.0 Å². The third kappa shape index (κ3) is 8.12. The van der Waals surface area contributed by atoms with Crippen LogP contribution < -0.4 is 9.97 Å². The summed E-state index contributed by atoms with van der Waals surface area (Å²) < 4.78 is 0. The number of carbonyl (C=O) groups is 1. The molecule has 0 spiro atoms. The van der Waals surface area contributed by atoms with Crippen molar-refractivity contribution >= 4 is 70.6 Å². The topological polar surface area (TPSA) is 95.6 Å². The van der Waals surface area contributed by atoms with Crippen LogP contribution in [0.3, 0.4) is 0 Å². The Balaban J connectivity index is 0.00000518. The van der Waals surface area contributed by atoms with Crippen molar-refractivity contribution in [2.75, 3.05) is 0 Å². The molecule has 7 nitrogen and oxygen atoms in total. The van der Waals surface area contributed by atoms with E-state index in [1.807, 2.05) is 91.0 Å². The van der Waals surface area contributed by atoms with Gasteiger partial charge in [-0.25, -0.2) is 14.8 Å². The minimum absolute atomic E-state index is 0. The molecular formula is C56H35N5O2Zn. The first-order valence-electron chi connectivity index (χ1n) is 20.4. The van der Waals surface area contributed by atoms with Crippen LogP contribution >= 0.6 is 0 Å². The fourth-order valence-electron chi connectivity index (χ4n) is 8.11. The van der Waals surface area contributed by atoms with Crippen LogP contribution in [0.15, 0.2) is 169 Å². The summed E-state index contributed by atoms with van der Waals surface area (Å²) in [4.78, 5) is 36.4. The number of rotatable bonds is 8. The molecule has 10 rings (SSSR count). The average molecular weight is 875 g/mol. The molecule has 64 heavy (non-hydrogen) atoms. The average Bonchev–Trinajstić information content (AvgIpc) is 4.17. The van der Waals surface area contributed by atoms with Crippen molar-refractivity contribution in [2.45, 2.75) is 0 Å². The molecule has 8 heteroatoms. The van der Waals surface area contributed by atoms with Gasteiger partial charge in [-0.3, -0.25) is 4.79 Å². The Bertz CT molecular complexity index is 3400. The first-order valence-corrected chi connectivity index (χ1v) is 20.4. The first kappa shape index (κ1) is 41.1. The molecule has 0 fully saturated rings. The second-order valence-electron chi connectivity index (χ2n) is 15.0.